The second-order valence-electron chi connectivity index (χ2n) is 6.33. The molecule has 1 aliphatic rings. The number of hydrogen-bond donors (Lipinski definition) is 1. The number of fused-ring (bicyclic) bond motifs is 2. The molecule has 126 valence electrons. The summed E-state index contributed by atoms with van der Waals surface area (Å²) in [5, 5.41) is 4.73. The van der Waals surface area contributed by atoms with Crippen molar-refractivity contribution in [2.24, 2.45) is 12.8 Å². The highest BCUT2D eigenvalue weighted by molar-refractivity contribution is 6.06. The molecule has 1 unspecified atom stereocenters. The first-order valence-electron chi connectivity index (χ1n) is 8.17. The molecule has 2 heterocycles. The first-order valence-corrected chi connectivity index (χ1v) is 8.17. The molecule has 4 rings (SSSR count). The first kappa shape index (κ1) is 15.5. The third kappa shape index (κ3) is 2.51. The highest BCUT2D eigenvalue weighted by Gasteiger charge is 2.30. The van der Waals surface area contributed by atoms with Crippen molar-refractivity contribution < 1.29 is 4.79 Å². The number of benzene rings is 2. The van der Waals surface area contributed by atoms with Crippen LogP contribution in [-0.2, 0) is 13.5 Å². The third-order valence-corrected chi connectivity index (χ3v) is 4.59. The van der Waals surface area contributed by atoms with E-state index in [0.717, 1.165) is 11.3 Å². The van der Waals surface area contributed by atoms with E-state index in [9.17, 15) is 9.59 Å². The molecule has 0 spiro atoms. The minimum atomic E-state index is -0.408. The molecule has 6 heteroatoms. The Hall–Kier alpha value is -2.99. The number of nitrogens with two attached hydrogens (primary N) is 1. The van der Waals surface area contributed by atoms with E-state index >= 15 is 0 Å². The van der Waals surface area contributed by atoms with Crippen LogP contribution in [0.3, 0.4) is 0 Å². The van der Waals surface area contributed by atoms with Crippen LogP contribution in [0.1, 0.15) is 16.1 Å². The molecule has 0 saturated heterocycles. The zero-order valence-corrected chi connectivity index (χ0v) is 13.8. The lowest BCUT2D eigenvalue weighted by Crippen LogP contribution is -2.47. The minimum absolute atomic E-state index is 0.0786. The summed E-state index contributed by atoms with van der Waals surface area (Å²) in [6, 6.07) is 14.6. The largest absolute Gasteiger partial charge is 0.326 e. The Bertz CT molecular complexity index is 1040. The maximum atomic E-state index is 13.1. The van der Waals surface area contributed by atoms with Gasteiger partial charge in [0.25, 0.3) is 5.91 Å². The predicted octanol–water partition coefficient (Wildman–Crippen LogP) is 1.46. The van der Waals surface area contributed by atoms with Crippen LogP contribution >= 0.6 is 0 Å². The molecule has 0 aliphatic carbocycles. The lowest BCUT2D eigenvalue weighted by Gasteiger charge is -2.32. The Kier molecular flexibility index (Phi) is 3.62. The maximum Gasteiger partial charge on any atom is 0.282 e. The molecule has 1 atom stereocenters. The quantitative estimate of drug-likeness (QED) is 0.730. The summed E-state index contributed by atoms with van der Waals surface area (Å²) in [5.74, 6) is -0.408. The number of carbonyl (C=O) groups excluding carboxylic acids is 1. The number of para-hydroxylation sites is 2. The Morgan fingerprint density at radius 2 is 1.88 bits per heavy atom. The van der Waals surface area contributed by atoms with Crippen molar-refractivity contribution >= 4 is 22.5 Å². The molecule has 2 N–H and O–H groups in total. The van der Waals surface area contributed by atoms with Crippen molar-refractivity contribution in [1.82, 2.24) is 9.78 Å². The van der Waals surface area contributed by atoms with Gasteiger partial charge in [0.15, 0.2) is 5.69 Å². The topological polar surface area (TPSA) is 81.2 Å². The molecule has 1 aliphatic heterocycles. The van der Waals surface area contributed by atoms with Crippen molar-refractivity contribution in [3.05, 3.63) is 70.0 Å². The van der Waals surface area contributed by atoms with Crippen LogP contribution in [0.4, 0.5) is 5.69 Å². The molecule has 6 nitrogen and oxygen atoms in total. The van der Waals surface area contributed by atoms with Gasteiger partial charge in [0.05, 0.1) is 5.52 Å². The molecular weight excluding hydrogens is 316 g/mol. The van der Waals surface area contributed by atoms with Crippen molar-refractivity contribution in [2.45, 2.75) is 12.5 Å². The SMILES string of the molecule is Cn1nc(C(=O)N2CC(N)Cc3ccccc32)c(=O)c2ccccc21. The first-order chi connectivity index (χ1) is 12.1. The fourth-order valence-corrected chi connectivity index (χ4v) is 3.41. The van der Waals surface area contributed by atoms with Gasteiger partial charge in [-0.25, -0.2) is 0 Å². The molecule has 0 bridgehead atoms. The van der Waals surface area contributed by atoms with Gasteiger partial charge in [0, 0.05) is 30.7 Å². The predicted molar refractivity (Wildman–Crippen MR) is 96.8 cm³/mol. The number of hydrogen-bond acceptors (Lipinski definition) is 4. The number of anilines is 1. The smallest absolute Gasteiger partial charge is 0.282 e. The average Bonchev–Trinajstić information content (AvgIpc) is 2.63. The van der Waals surface area contributed by atoms with Crippen molar-refractivity contribution in [2.75, 3.05) is 11.4 Å². The standard InChI is InChI=1S/C19H18N4O2/c1-22-16-9-5-3-7-14(16)18(24)17(21-22)19(25)23-11-13(20)10-12-6-2-4-8-15(12)23/h2-9,13H,10-11,20H2,1H3. The number of amides is 1. The second kappa shape index (κ2) is 5.82. The lowest BCUT2D eigenvalue weighted by atomic mass is 9.98. The zero-order chi connectivity index (χ0) is 17.6. The molecule has 0 radical (unpaired) electrons. The van der Waals surface area contributed by atoms with Crippen LogP contribution in [0.5, 0.6) is 0 Å². The molecule has 0 fully saturated rings. The summed E-state index contributed by atoms with van der Waals surface area (Å²) in [6.45, 7) is 0.369. The molecule has 1 amide bonds. The fourth-order valence-electron chi connectivity index (χ4n) is 3.41. The van der Waals surface area contributed by atoms with E-state index in [1.54, 1.807) is 28.8 Å². The van der Waals surface area contributed by atoms with Crippen molar-refractivity contribution in [1.29, 1.82) is 0 Å². The third-order valence-electron chi connectivity index (χ3n) is 4.59. The van der Waals surface area contributed by atoms with Crippen LogP contribution in [0.15, 0.2) is 53.3 Å². The summed E-state index contributed by atoms with van der Waals surface area (Å²) >= 11 is 0. The normalized spacial score (nSPS) is 16.7. The Morgan fingerprint density at radius 3 is 2.72 bits per heavy atom. The summed E-state index contributed by atoms with van der Waals surface area (Å²) in [7, 11) is 1.73. The van der Waals surface area contributed by atoms with Gasteiger partial charge in [-0.05, 0) is 30.2 Å². The number of rotatable bonds is 1. The van der Waals surface area contributed by atoms with Gasteiger partial charge in [-0.3, -0.25) is 14.3 Å². The van der Waals surface area contributed by atoms with Gasteiger partial charge < -0.3 is 10.6 Å². The van der Waals surface area contributed by atoms with Crippen molar-refractivity contribution in [3.8, 4) is 0 Å². The van der Waals surface area contributed by atoms with Gasteiger partial charge in [0.1, 0.15) is 0 Å². The van der Waals surface area contributed by atoms with Gasteiger partial charge in [-0.2, -0.15) is 5.10 Å². The van der Waals surface area contributed by atoms with Crippen LogP contribution in [-0.4, -0.2) is 28.3 Å². The van der Waals surface area contributed by atoms with E-state index in [4.69, 9.17) is 5.73 Å². The number of aromatic nitrogens is 2. The monoisotopic (exact) mass is 334 g/mol. The van der Waals surface area contributed by atoms with E-state index in [-0.39, 0.29) is 17.2 Å². The van der Waals surface area contributed by atoms with E-state index in [2.05, 4.69) is 5.10 Å². The van der Waals surface area contributed by atoms with E-state index < -0.39 is 5.91 Å². The van der Waals surface area contributed by atoms with Gasteiger partial charge >= 0.3 is 0 Å². The van der Waals surface area contributed by atoms with E-state index in [0.29, 0.717) is 23.9 Å². The Morgan fingerprint density at radius 1 is 1.16 bits per heavy atom. The summed E-state index contributed by atoms with van der Waals surface area (Å²) in [4.78, 5) is 27.5. The minimum Gasteiger partial charge on any atom is -0.326 e. The van der Waals surface area contributed by atoms with E-state index in [1.165, 1.54) is 0 Å². The summed E-state index contributed by atoms with van der Waals surface area (Å²) < 4.78 is 1.57. The van der Waals surface area contributed by atoms with Crippen LogP contribution in [0.25, 0.3) is 10.9 Å². The molecule has 0 saturated carbocycles. The Labute approximate surface area is 144 Å². The van der Waals surface area contributed by atoms with Crippen molar-refractivity contribution in [3.63, 3.8) is 0 Å². The highest BCUT2D eigenvalue weighted by atomic mass is 16.2. The van der Waals surface area contributed by atoms with Gasteiger partial charge in [-0.1, -0.05) is 30.3 Å². The summed E-state index contributed by atoms with van der Waals surface area (Å²) in [5.41, 5.74) is 8.18. The molecule has 1 aromatic heterocycles. The zero-order valence-electron chi connectivity index (χ0n) is 13.8. The van der Waals surface area contributed by atoms with Gasteiger partial charge in [-0.15, -0.1) is 0 Å². The molecule has 25 heavy (non-hydrogen) atoms. The Balaban J connectivity index is 1.86. The van der Waals surface area contributed by atoms with E-state index in [1.807, 2.05) is 36.4 Å². The highest BCUT2D eigenvalue weighted by Crippen LogP contribution is 2.27. The number of aryl methyl sites for hydroxylation is 1. The van der Waals surface area contributed by atoms with Gasteiger partial charge in [0.2, 0.25) is 5.43 Å². The summed E-state index contributed by atoms with van der Waals surface area (Å²) in [6.07, 6.45) is 0.711. The molecule has 2 aromatic carbocycles. The molecular formula is C19H18N4O2. The number of carbonyl (C=O) groups is 1. The average molecular weight is 334 g/mol. The maximum absolute atomic E-state index is 13.1. The van der Waals surface area contributed by atoms with Crippen LogP contribution in [0, 0.1) is 0 Å². The van der Waals surface area contributed by atoms with Crippen LogP contribution < -0.4 is 16.1 Å². The molecule has 3 aromatic rings. The second-order valence-corrected chi connectivity index (χ2v) is 6.33. The lowest BCUT2D eigenvalue weighted by molar-refractivity contribution is 0.0976. The number of nitrogens with zero attached hydrogens (tertiary/aromatic N) is 3. The fraction of sp³-hybridized carbons (Fsp3) is 0.211. The van der Waals surface area contributed by atoms with Crippen LogP contribution in [0.2, 0.25) is 0 Å².